The van der Waals surface area contributed by atoms with Gasteiger partial charge in [-0.1, -0.05) is 153 Å². The molecule has 0 atom stereocenters. The van der Waals surface area contributed by atoms with Gasteiger partial charge in [-0.2, -0.15) is 0 Å². The van der Waals surface area contributed by atoms with Crippen LogP contribution in [-0.4, -0.2) is 0 Å². The summed E-state index contributed by atoms with van der Waals surface area (Å²) in [4.78, 5) is 2.38. The average Bonchev–Trinajstić information content (AvgIpc) is 3.71. The summed E-state index contributed by atoms with van der Waals surface area (Å²) in [6, 6.07) is 67.8. The maximum Gasteiger partial charge on any atom is 0.136 e. The van der Waals surface area contributed by atoms with Crippen molar-refractivity contribution in [2.45, 2.75) is 19.3 Å². The molecule has 0 radical (unpaired) electrons. The van der Waals surface area contributed by atoms with E-state index in [-0.39, 0.29) is 5.41 Å². The Morgan fingerprint density at radius 2 is 0.981 bits per heavy atom. The topological polar surface area (TPSA) is 16.4 Å². The van der Waals surface area contributed by atoms with Crippen LogP contribution in [0.2, 0.25) is 0 Å². The van der Waals surface area contributed by atoms with Gasteiger partial charge in [0.1, 0.15) is 11.2 Å². The van der Waals surface area contributed by atoms with Crippen LogP contribution >= 0.6 is 0 Å². The third kappa shape index (κ3) is 5.02. The lowest BCUT2D eigenvalue weighted by Gasteiger charge is -2.28. The first kappa shape index (κ1) is 31.1. The summed E-state index contributed by atoms with van der Waals surface area (Å²) in [6.07, 6.45) is 0. The highest BCUT2D eigenvalue weighted by atomic mass is 16.3. The molecule has 0 spiro atoms. The van der Waals surface area contributed by atoms with Gasteiger partial charge < -0.3 is 9.32 Å². The molecule has 252 valence electrons. The molecule has 0 saturated heterocycles. The largest absolute Gasteiger partial charge is 0.456 e. The van der Waals surface area contributed by atoms with Gasteiger partial charge in [0.2, 0.25) is 0 Å². The predicted molar refractivity (Wildman–Crippen MR) is 222 cm³/mol. The Kier molecular flexibility index (Phi) is 7.19. The Morgan fingerprint density at radius 3 is 1.81 bits per heavy atom. The zero-order chi connectivity index (χ0) is 35.5. The van der Waals surface area contributed by atoms with Gasteiger partial charge in [-0.3, -0.25) is 0 Å². The van der Waals surface area contributed by atoms with Gasteiger partial charge in [0.05, 0.1) is 5.69 Å². The number of fused-ring (bicyclic) bond motifs is 6. The van der Waals surface area contributed by atoms with Crippen molar-refractivity contribution < 1.29 is 4.42 Å². The molecule has 9 aromatic rings. The highest BCUT2D eigenvalue weighted by molar-refractivity contribution is 6.12. The number of hydrogen-bond donors (Lipinski definition) is 0. The van der Waals surface area contributed by atoms with Gasteiger partial charge in [0, 0.05) is 33.1 Å². The molecule has 0 aliphatic heterocycles. The molecule has 1 aromatic heterocycles. The number of anilines is 3. The normalized spacial score (nSPS) is 12.9. The summed E-state index contributed by atoms with van der Waals surface area (Å²) in [6.45, 7) is 4.68. The van der Waals surface area contributed by atoms with E-state index in [1.807, 2.05) is 12.1 Å². The van der Waals surface area contributed by atoms with Gasteiger partial charge >= 0.3 is 0 Å². The Hall–Kier alpha value is -6.64. The second-order valence-corrected chi connectivity index (χ2v) is 14.5. The van der Waals surface area contributed by atoms with Crippen LogP contribution in [0.25, 0.3) is 66.4 Å². The van der Waals surface area contributed by atoms with E-state index in [0.717, 1.165) is 44.6 Å². The van der Waals surface area contributed by atoms with Gasteiger partial charge in [-0.05, 0) is 98.6 Å². The lowest BCUT2D eigenvalue weighted by molar-refractivity contribution is 0.660. The van der Waals surface area contributed by atoms with Crippen LogP contribution in [0.4, 0.5) is 17.1 Å². The first-order valence-corrected chi connectivity index (χ1v) is 18.4. The maximum absolute atomic E-state index is 6.23. The fraction of sp³-hybridized carbons (Fsp3) is 0.0588. The first-order valence-electron chi connectivity index (χ1n) is 18.4. The molecule has 10 rings (SSSR count). The second-order valence-electron chi connectivity index (χ2n) is 14.5. The lowest BCUT2D eigenvalue weighted by atomic mass is 9.82. The van der Waals surface area contributed by atoms with Crippen molar-refractivity contribution in [3.05, 3.63) is 199 Å². The number of hydrogen-bond acceptors (Lipinski definition) is 2. The minimum atomic E-state index is -0.0267. The molecule has 1 heterocycles. The van der Waals surface area contributed by atoms with E-state index >= 15 is 0 Å². The zero-order valence-electron chi connectivity index (χ0n) is 29.8. The summed E-state index contributed by atoms with van der Waals surface area (Å²) in [5.41, 5.74) is 17.7. The van der Waals surface area contributed by atoms with E-state index in [2.05, 4.69) is 195 Å². The number of nitrogens with zero attached hydrogens (tertiary/aromatic N) is 1. The number of rotatable bonds is 6. The Morgan fingerprint density at radius 1 is 0.396 bits per heavy atom. The predicted octanol–water partition coefficient (Wildman–Crippen LogP) is 14.4. The van der Waals surface area contributed by atoms with Crippen molar-refractivity contribution in [3.63, 3.8) is 0 Å². The third-order valence-corrected chi connectivity index (χ3v) is 11.1. The standard InChI is InChI=1S/C51H37NO/c1-51(2)45-23-11-8-19-41(45)44-33-35(29-32-46(44)51)38-17-6-7-18-40(38)42-20-9-12-24-47(42)52(36-15-4-3-5-16-36)37-30-27-34(28-31-37)39-22-14-26-49-50(39)43-21-10-13-25-48(43)53-49/h3-33H,1-2H3. The lowest BCUT2D eigenvalue weighted by Crippen LogP contribution is -2.14. The van der Waals surface area contributed by atoms with Crippen LogP contribution in [0.3, 0.4) is 0 Å². The second kappa shape index (κ2) is 12.3. The molecule has 8 aromatic carbocycles. The molecule has 2 nitrogen and oxygen atoms in total. The average molecular weight is 680 g/mol. The van der Waals surface area contributed by atoms with Crippen LogP contribution in [0.15, 0.2) is 192 Å². The van der Waals surface area contributed by atoms with Crippen LogP contribution < -0.4 is 4.90 Å². The molecule has 1 aliphatic rings. The summed E-state index contributed by atoms with van der Waals surface area (Å²) in [5, 5.41) is 2.29. The van der Waals surface area contributed by atoms with Crippen molar-refractivity contribution >= 4 is 39.0 Å². The fourth-order valence-corrected chi connectivity index (χ4v) is 8.56. The molecule has 1 aliphatic carbocycles. The molecule has 0 fully saturated rings. The highest BCUT2D eigenvalue weighted by Crippen LogP contribution is 2.51. The molecule has 0 amide bonds. The van der Waals surface area contributed by atoms with E-state index in [9.17, 15) is 0 Å². The molecule has 0 saturated carbocycles. The molecule has 0 unspecified atom stereocenters. The van der Waals surface area contributed by atoms with Gasteiger partial charge in [-0.15, -0.1) is 0 Å². The van der Waals surface area contributed by atoms with E-state index < -0.39 is 0 Å². The summed E-state index contributed by atoms with van der Waals surface area (Å²) >= 11 is 0. The monoisotopic (exact) mass is 679 g/mol. The third-order valence-electron chi connectivity index (χ3n) is 11.1. The van der Waals surface area contributed by atoms with E-state index in [1.54, 1.807) is 0 Å². The minimum Gasteiger partial charge on any atom is -0.456 e. The molecular formula is C51H37NO. The van der Waals surface area contributed by atoms with Crippen LogP contribution in [-0.2, 0) is 5.41 Å². The molecule has 0 bridgehead atoms. The SMILES string of the molecule is CC1(C)c2ccccc2-c2cc(-c3ccccc3-c3ccccc3N(c3ccccc3)c3ccc(-c4cccc5oc6ccccc6c45)cc3)ccc21. The highest BCUT2D eigenvalue weighted by Gasteiger charge is 2.35. The molecule has 2 heteroatoms. The Labute approximate surface area is 310 Å². The van der Waals surface area contributed by atoms with Crippen molar-refractivity contribution in [1.82, 2.24) is 0 Å². The number of benzene rings is 8. The Bertz CT molecular complexity index is 2810. The van der Waals surface area contributed by atoms with Gasteiger partial charge in [0.25, 0.3) is 0 Å². The quantitative estimate of drug-likeness (QED) is 0.174. The molecule has 0 N–H and O–H groups in total. The van der Waals surface area contributed by atoms with Crippen LogP contribution in [0, 0.1) is 0 Å². The summed E-state index contributed by atoms with van der Waals surface area (Å²) in [7, 11) is 0. The zero-order valence-corrected chi connectivity index (χ0v) is 29.8. The van der Waals surface area contributed by atoms with Crippen molar-refractivity contribution in [2.75, 3.05) is 4.90 Å². The van der Waals surface area contributed by atoms with Crippen molar-refractivity contribution in [3.8, 4) is 44.5 Å². The van der Waals surface area contributed by atoms with Gasteiger partial charge in [-0.25, -0.2) is 0 Å². The molecule has 53 heavy (non-hydrogen) atoms. The summed E-state index contributed by atoms with van der Waals surface area (Å²) < 4.78 is 6.23. The van der Waals surface area contributed by atoms with Crippen LogP contribution in [0.1, 0.15) is 25.0 Å². The minimum absolute atomic E-state index is 0.0267. The van der Waals surface area contributed by atoms with E-state index in [1.165, 1.54) is 50.1 Å². The number of furan rings is 1. The van der Waals surface area contributed by atoms with Crippen molar-refractivity contribution in [1.29, 1.82) is 0 Å². The number of para-hydroxylation sites is 3. The maximum atomic E-state index is 6.23. The van der Waals surface area contributed by atoms with Crippen molar-refractivity contribution in [2.24, 2.45) is 0 Å². The Balaban J connectivity index is 1.10. The molecular weight excluding hydrogens is 643 g/mol. The smallest absolute Gasteiger partial charge is 0.136 e. The van der Waals surface area contributed by atoms with Crippen LogP contribution in [0.5, 0.6) is 0 Å². The fourth-order valence-electron chi connectivity index (χ4n) is 8.56. The first-order chi connectivity index (χ1) is 26.1. The van der Waals surface area contributed by atoms with E-state index in [4.69, 9.17) is 4.42 Å². The van der Waals surface area contributed by atoms with E-state index in [0.29, 0.717) is 0 Å². The van der Waals surface area contributed by atoms with Gasteiger partial charge in [0.15, 0.2) is 0 Å². The summed E-state index contributed by atoms with van der Waals surface area (Å²) in [5.74, 6) is 0.